The van der Waals surface area contributed by atoms with Crippen molar-refractivity contribution < 1.29 is 19.4 Å². The summed E-state index contributed by atoms with van der Waals surface area (Å²) in [6.07, 6.45) is 5.71. The third-order valence-electron chi connectivity index (χ3n) is 4.18. The minimum atomic E-state index is -0.249. The summed E-state index contributed by atoms with van der Waals surface area (Å²) in [6.45, 7) is 0.920. The van der Waals surface area contributed by atoms with E-state index < -0.39 is 0 Å². The number of aromatic amines is 1. The Morgan fingerprint density at radius 2 is 2.19 bits per heavy atom. The van der Waals surface area contributed by atoms with Gasteiger partial charge in [-0.15, -0.1) is 0 Å². The molecule has 0 radical (unpaired) electrons. The molecule has 2 fully saturated rings. The van der Waals surface area contributed by atoms with Crippen molar-refractivity contribution in [1.29, 1.82) is 0 Å². The molecular formula is C14H21N3O4. The number of hydrogen-bond donors (Lipinski definition) is 3. The van der Waals surface area contributed by atoms with Crippen molar-refractivity contribution in [2.45, 2.75) is 43.9 Å². The molecule has 2 heterocycles. The molecule has 0 aromatic carbocycles. The van der Waals surface area contributed by atoms with Gasteiger partial charge in [0.15, 0.2) is 5.75 Å². The van der Waals surface area contributed by atoms with Crippen LogP contribution in [0.5, 0.6) is 5.75 Å². The van der Waals surface area contributed by atoms with Gasteiger partial charge in [0.1, 0.15) is 6.10 Å². The molecule has 1 amide bonds. The maximum absolute atomic E-state index is 12.3. The number of nitrogens with one attached hydrogen (secondary N) is 2. The Labute approximate surface area is 123 Å². The third-order valence-corrected chi connectivity index (χ3v) is 4.18. The smallest absolute Gasteiger partial charge is 0.223 e. The highest BCUT2D eigenvalue weighted by molar-refractivity contribution is 5.79. The van der Waals surface area contributed by atoms with Crippen LogP contribution in [0.25, 0.3) is 0 Å². The first-order chi connectivity index (χ1) is 10.2. The summed E-state index contributed by atoms with van der Waals surface area (Å²) in [4.78, 5) is 12.3. The Balaban J connectivity index is 1.52. The van der Waals surface area contributed by atoms with Crippen molar-refractivity contribution in [2.24, 2.45) is 5.92 Å². The summed E-state index contributed by atoms with van der Waals surface area (Å²) in [5.74, 6) is 0.673. The number of aromatic nitrogens is 2. The van der Waals surface area contributed by atoms with Crippen molar-refractivity contribution >= 4 is 5.91 Å². The monoisotopic (exact) mass is 295 g/mol. The molecule has 1 aromatic rings. The van der Waals surface area contributed by atoms with E-state index in [1.54, 1.807) is 12.4 Å². The van der Waals surface area contributed by atoms with Crippen LogP contribution in [0.1, 0.15) is 25.7 Å². The number of nitrogens with zero attached hydrogens (tertiary/aromatic N) is 1. The Kier molecular flexibility index (Phi) is 4.40. The molecule has 7 heteroatoms. The Hall–Kier alpha value is -1.60. The van der Waals surface area contributed by atoms with Gasteiger partial charge in [0.2, 0.25) is 5.91 Å². The van der Waals surface area contributed by atoms with E-state index in [0.717, 1.165) is 12.8 Å². The van der Waals surface area contributed by atoms with Gasteiger partial charge < -0.3 is 19.9 Å². The second kappa shape index (κ2) is 6.44. The van der Waals surface area contributed by atoms with Gasteiger partial charge in [-0.2, -0.15) is 5.10 Å². The molecule has 1 aromatic heterocycles. The molecule has 3 N–H and O–H groups in total. The lowest BCUT2D eigenvalue weighted by atomic mass is 9.86. The highest BCUT2D eigenvalue weighted by Gasteiger charge is 2.34. The lowest BCUT2D eigenvalue weighted by Gasteiger charge is -2.27. The first-order valence-electron chi connectivity index (χ1n) is 7.44. The van der Waals surface area contributed by atoms with E-state index in [1.165, 1.54) is 0 Å². The van der Waals surface area contributed by atoms with Crippen LogP contribution < -0.4 is 10.1 Å². The van der Waals surface area contributed by atoms with Crippen molar-refractivity contribution in [3.63, 3.8) is 0 Å². The van der Waals surface area contributed by atoms with E-state index in [9.17, 15) is 9.90 Å². The normalized spacial score (nSPS) is 32.8. The Morgan fingerprint density at radius 1 is 1.38 bits per heavy atom. The first-order valence-corrected chi connectivity index (χ1v) is 7.44. The summed E-state index contributed by atoms with van der Waals surface area (Å²) < 4.78 is 11.2. The fourth-order valence-corrected chi connectivity index (χ4v) is 2.90. The lowest BCUT2D eigenvalue weighted by Crippen LogP contribution is -2.47. The van der Waals surface area contributed by atoms with E-state index in [0.29, 0.717) is 31.8 Å². The molecule has 0 unspecified atom stereocenters. The van der Waals surface area contributed by atoms with Gasteiger partial charge in [-0.25, -0.2) is 0 Å². The SMILES string of the molecule is O=C(N[C@H]1COC[C@H]1Oc1cn[nH]c1)C1CCC(O)CC1. The molecular weight excluding hydrogens is 274 g/mol. The maximum atomic E-state index is 12.3. The molecule has 1 saturated carbocycles. The van der Waals surface area contributed by atoms with Crippen LogP contribution >= 0.6 is 0 Å². The number of amides is 1. The van der Waals surface area contributed by atoms with E-state index in [2.05, 4.69) is 15.5 Å². The van der Waals surface area contributed by atoms with Crippen LogP contribution in [0.15, 0.2) is 12.4 Å². The van der Waals surface area contributed by atoms with Gasteiger partial charge in [0.05, 0.1) is 37.8 Å². The summed E-state index contributed by atoms with van der Waals surface area (Å²) in [5.41, 5.74) is 0. The van der Waals surface area contributed by atoms with Crippen LogP contribution in [0, 0.1) is 5.92 Å². The zero-order chi connectivity index (χ0) is 14.7. The van der Waals surface area contributed by atoms with E-state index in [-0.39, 0.29) is 30.1 Å². The van der Waals surface area contributed by atoms with Gasteiger partial charge in [0.25, 0.3) is 0 Å². The first kappa shape index (κ1) is 14.3. The molecule has 1 aliphatic carbocycles. The van der Waals surface area contributed by atoms with Gasteiger partial charge in [-0.05, 0) is 25.7 Å². The number of carbonyl (C=O) groups excluding carboxylic acids is 1. The van der Waals surface area contributed by atoms with Crippen LogP contribution in [-0.2, 0) is 9.53 Å². The quantitative estimate of drug-likeness (QED) is 0.738. The average Bonchev–Trinajstić information content (AvgIpc) is 3.13. The molecule has 7 nitrogen and oxygen atoms in total. The molecule has 0 spiro atoms. The van der Waals surface area contributed by atoms with Crippen molar-refractivity contribution in [3.8, 4) is 5.75 Å². The second-order valence-corrected chi connectivity index (χ2v) is 5.75. The maximum Gasteiger partial charge on any atom is 0.223 e. The van der Waals surface area contributed by atoms with Crippen LogP contribution in [0.2, 0.25) is 0 Å². The molecule has 0 bridgehead atoms. The number of carbonyl (C=O) groups is 1. The standard InChI is InChI=1S/C14H21N3O4/c18-10-3-1-9(2-4-10)14(19)17-12-7-20-8-13(12)21-11-5-15-16-6-11/h5-6,9-10,12-13,18H,1-4,7-8H2,(H,15,16)(H,17,19)/t9?,10?,12-,13+/m0/s1. The summed E-state index contributed by atoms with van der Waals surface area (Å²) in [6, 6.07) is -0.140. The molecule has 2 aliphatic rings. The van der Waals surface area contributed by atoms with E-state index in [4.69, 9.17) is 9.47 Å². The predicted molar refractivity (Wildman–Crippen MR) is 73.7 cm³/mol. The second-order valence-electron chi connectivity index (χ2n) is 5.75. The van der Waals surface area contributed by atoms with Crippen LogP contribution in [-0.4, -0.2) is 52.7 Å². The number of aliphatic hydroxyl groups is 1. The third kappa shape index (κ3) is 3.54. The number of rotatable bonds is 4. The minimum Gasteiger partial charge on any atom is -0.482 e. The van der Waals surface area contributed by atoms with E-state index in [1.807, 2.05) is 0 Å². The van der Waals surface area contributed by atoms with Gasteiger partial charge >= 0.3 is 0 Å². The highest BCUT2D eigenvalue weighted by atomic mass is 16.5. The Bertz CT molecular complexity index is 457. The summed E-state index contributed by atoms with van der Waals surface area (Å²) >= 11 is 0. The molecule has 1 saturated heterocycles. The minimum absolute atomic E-state index is 0.0106. The average molecular weight is 295 g/mol. The Morgan fingerprint density at radius 3 is 2.90 bits per heavy atom. The topological polar surface area (TPSA) is 96.5 Å². The summed E-state index contributed by atoms with van der Waals surface area (Å²) in [5, 5.41) is 19.0. The molecule has 1 aliphatic heterocycles. The van der Waals surface area contributed by atoms with Gasteiger partial charge in [0, 0.05) is 5.92 Å². The van der Waals surface area contributed by atoms with Crippen LogP contribution in [0.4, 0.5) is 0 Å². The molecule has 2 atom stereocenters. The van der Waals surface area contributed by atoms with Gasteiger partial charge in [-0.3, -0.25) is 9.89 Å². The number of H-pyrrole nitrogens is 1. The lowest BCUT2D eigenvalue weighted by molar-refractivity contribution is -0.127. The van der Waals surface area contributed by atoms with E-state index >= 15 is 0 Å². The van der Waals surface area contributed by atoms with Crippen molar-refractivity contribution in [3.05, 3.63) is 12.4 Å². The van der Waals surface area contributed by atoms with Crippen LogP contribution in [0.3, 0.4) is 0 Å². The number of hydrogen-bond acceptors (Lipinski definition) is 5. The zero-order valence-electron chi connectivity index (χ0n) is 11.8. The highest BCUT2D eigenvalue weighted by Crippen LogP contribution is 2.25. The number of ether oxygens (including phenoxy) is 2. The largest absolute Gasteiger partial charge is 0.482 e. The van der Waals surface area contributed by atoms with Crippen molar-refractivity contribution in [1.82, 2.24) is 15.5 Å². The fourth-order valence-electron chi connectivity index (χ4n) is 2.90. The zero-order valence-corrected chi connectivity index (χ0v) is 11.8. The number of aliphatic hydroxyl groups excluding tert-OH is 1. The predicted octanol–water partition coefficient (Wildman–Crippen LogP) is 0.223. The van der Waals surface area contributed by atoms with Crippen molar-refractivity contribution in [2.75, 3.05) is 13.2 Å². The van der Waals surface area contributed by atoms with Gasteiger partial charge in [-0.1, -0.05) is 0 Å². The molecule has 21 heavy (non-hydrogen) atoms. The summed E-state index contributed by atoms with van der Waals surface area (Å²) in [7, 11) is 0. The fraction of sp³-hybridized carbons (Fsp3) is 0.714. The molecule has 116 valence electrons. The molecule has 3 rings (SSSR count).